The summed E-state index contributed by atoms with van der Waals surface area (Å²) in [6.07, 6.45) is 5.55. The molecule has 2 heterocycles. The average molecular weight is 269 g/mol. The van der Waals surface area contributed by atoms with Gasteiger partial charge in [-0.15, -0.1) is 0 Å². The van der Waals surface area contributed by atoms with Crippen molar-refractivity contribution in [2.75, 3.05) is 0 Å². The quantitative estimate of drug-likeness (QED) is 0.770. The minimum Gasteiger partial charge on any atom is -0.309 e. The highest BCUT2D eigenvalue weighted by Crippen LogP contribution is 2.10. The summed E-state index contributed by atoms with van der Waals surface area (Å²) in [6, 6.07) is 10.7. The van der Waals surface area contributed by atoms with Gasteiger partial charge in [-0.05, 0) is 40.1 Å². The van der Waals surface area contributed by atoms with Gasteiger partial charge >= 0.3 is 0 Å². The van der Waals surface area contributed by atoms with Crippen LogP contribution in [-0.2, 0) is 13.1 Å². The molecule has 3 nitrogen and oxygen atoms in total. The molecule has 3 rings (SSSR count). The monoisotopic (exact) mass is 269 g/mol. The summed E-state index contributed by atoms with van der Waals surface area (Å²) in [4.78, 5) is 4.05. The van der Waals surface area contributed by atoms with Crippen LogP contribution in [0.1, 0.15) is 11.1 Å². The summed E-state index contributed by atoms with van der Waals surface area (Å²) in [5, 5.41) is 7.73. The van der Waals surface area contributed by atoms with E-state index in [0.717, 1.165) is 18.8 Å². The van der Waals surface area contributed by atoms with Gasteiger partial charge in [0.1, 0.15) is 0 Å². The second-order valence-corrected chi connectivity index (χ2v) is 5.15. The molecule has 3 aromatic rings. The van der Waals surface area contributed by atoms with E-state index in [1.54, 1.807) is 17.5 Å². The molecule has 0 aliphatic rings. The van der Waals surface area contributed by atoms with Crippen molar-refractivity contribution in [2.24, 2.45) is 0 Å². The Balaban J connectivity index is 1.57. The molecule has 0 unspecified atom stereocenters. The van der Waals surface area contributed by atoms with Gasteiger partial charge in [0.25, 0.3) is 0 Å². The zero-order valence-electron chi connectivity index (χ0n) is 10.5. The van der Waals surface area contributed by atoms with Gasteiger partial charge in [-0.1, -0.05) is 12.1 Å². The number of nitrogens with one attached hydrogen (secondary N) is 1. The van der Waals surface area contributed by atoms with Crippen molar-refractivity contribution in [3.8, 4) is 5.69 Å². The number of thiophene rings is 1. The van der Waals surface area contributed by atoms with Crippen molar-refractivity contribution in [2.45, 2.75) is 13.1 Å². The topological polar surface area (TPSA) is 29.9 Å². The van der Waals surface area contributed by atoms with Gasteiger partial charge in [-0.25, -0.2) is 4.98 Å². The lowest BCUT2D eigenvalue weighted by atomic mass is 10.2. The van der Waals surface area contributed by atoms with E-state index in [1.807, 2.05) is 17.1 Å². The molecule has 0 saturated carbocycles. The van der Waals surface area contributed by atoms with Crippen molar-refractivity contribution in [1.29, 1.82) is 0 Å². The number of imidazole rings is 1. The Labute approximate surface area is 116 Å². The molecular weight excluding hydrogens is 254 g/mol. The van der Waals surface area contributed by atoms with Gasteiger partial charge < -0.3 is 9.88 Å². The Morgan fingerprint density at radius 1 is 1.05 bits per heavy atom. The number of benzene rings is 1. The van der Waals surface area contributed by atoms with Crippen LogP contribution in [0.15, 0.2) is 59.8 Å². The van der Waals surface area contributed by atoms with Crippen LogP contribution in [-0.4, -0.2) is 9.55 Å². The molecule has 0 atom stereocenters. The smallest absolute Gasteiger partial charge is 0.0991 e. The Bertz CT molecular complexity index is 597. The van der Waals surface area contributed by atoms with E-state index in [0.29, 0.717) is 0 Å². The molecule has 1 N–H and O–H groups in total. The van der Waals surface area contributed by atoms with Crippen molar-refractivity contribution < 1.29 is 0 Å². The van der Waals surface area contributed by atoms with Crippen LogP contribution < -0.4 is 5.32 Å². The highest BCUT2D eigenvalue weighted by molar-refractivity contribution is 7.07. The molecule has 96 valence electrons. The molecule has 1 aromatic carbocycles. The third kappa shape index (κ3) is 3.10. The first-order valence-electron chi connectivity index (χ1n) is 6.21. The lowest BCUT2D eigenvalue weighted by Crippen LogP contribution is -2.12. The fraction of sp³-hybridized carbons (Fsp3) is 0.133. The normalized spacial score (nSPS) is 10.7. The van der Waals surface area contributed by atoms with Crippen molar-refractivity contribution >= 4 is 11.3 Å². The number of rotatable bonds is 5. The summed E-state index contributed by atoms with van der Waals surface area (Å²) in [6.45, 7) is 1.81. The minimum absolute atomic E-state index is 0.889. The zero-order valence-corrected chi connectivity index (χ0v) is 11.3. The molecule has 0 amide bonds. The molecule has 0 aliphatic heterocycles. The number of hydrogen-bond acceptors (Lipinski definition) is 3. The standard InChI is InChI=1S/C15H15N3S/c1-3-15(18-7-6-16-12-18)4-2-13(1)9-17-10-14-5-8-19-11-14/h1-8,11-12,17H,9-10H2. The zero-order chi connectivity index (χ0) is 12.9. The summed E-state index contributed by atoms with van der Waals surface area (Å²) in [7, 11) is 0. The van der Waals surface area contributed by atoms with Crippen LogP contribution in [0.25, 0.3) is 5.69 Å². The molecule has 0 bridgehead atoms. The summed E-state index contributed by atoms with van der Waals surface area (Å²) in [5.74, 6) is 0. The molecule has 2 aromatic heterocycles. The Morgan fingerprint density at radius 3 is 2.58 bits per heavy atom. The van der Waals surface area contributed by atoms with Gasteiger partial charge in [-0.3, -0.25) is 0 Å². The maximum absolute atomic E-state index is 4.05. The summed E-state index contributed by atoms with van der Waals surface area (Å²) < 4.78 is 2.00. The van der Waals surface area contributed by atoms with Crippen LogP contribution >= 0.6 is 11.3 Å². The van der Waals surface area contributed by atoms with Gasteiger partial charge in [0.05, 0.1) is 6.33 Å². The van der Waals surface area contributed by atoms with Gasteiger partial charge in [0, 0.05) is 31.2 Å². The highest BCUT2D eigenvalue weighted by Gasteiger charge is 1.97. The predicted octanol–water partition coefficient (Wildman–Crippen LogP) is 3.22. The van der Waals surface area contributed by atoms with Crippen LogP contribution in [0.2, 0.25) is 0 Å². The molecule has 19 heavy (non-hydrogen) atoms. The van der Waals surface area contributed by atoms with Crippen LogP contribution in [0.4, 0.5) is 0 Å². The summed E-state index contributed by atoms with van der Waals surface area (Å²) in [5.41, 5.74) is 3.78. The van der Waals surface area contributed by atoms with E-state index < -0.39 is 0 Å². The molecule has 0 aliphatic carbocycles. The second-order valence-electron chi connectivity index (χ2n) is 4.37. The van der Waals surface area contributed by atoms with E-state index in [4.69, 9.17) is 0 Å². The third-order valence-electron chi connectivity index (χ3n) is 2.98. The lowest BCUT2D eigenvalue weighted by Gasteiger charge is -2.06. The molecule has 0 radical (unpaired) electrons. The van der Waals surface area contributed by atoms with Gasteiger partial charge in [0.15, 0.2) is 0 Å². The molecule has 0 spiro atoms. The predicted molar refractivity (Wildman–Crippen MR) is 78.4 cm³/mol. The second kappa shape index (κ2) is 5.82. The maximum atomic E-state index is 4.05. The largest absolute Gasteiger partial charge is 0.309 e. The van der Waals surface area contributed by atoms with Crippen molar-refractivity contribution in [1.82, 2.24) is 14.9 Å². The fourth-order valence-corrected chi connectivity index (χ4v) is 2.61. The first kappa shape index (κ1) is 12.1. The molecule has 0 fully saturated rings. The van der Waals surface area contributed by atoms with Crippen molar-refractivity contribution in [3.05, 3.63) is 70.9 Å². The lowest BCUT2D eigenvalue weighted by molar-refractivity contribution is 0.695. The maximum Gasteiger partial charge on any atom is 0.0991 e. The number of nitrogens with zero attached hydrogens (tertiary/aromatic N) is 2. The van der Waals surface area contributed by atoms with Crippen molar-refractivity contribution in [3.63, 3.8) is 0 Å². The molecule has 4 heteroatoms. The van der Waals surface area contributed by atoms with E-state index in [1.165, 1.54) is 11.1 Å². The fourth-order valence-electron chi connectivity index (χ4n) is 1.94. The van der Waals surface area contributed by atoms with Gasteiger partial charge in [-0.2, -0.15) is 11.3 Å². The number of aromatic nitrogens is 2. The first-order chi connectivity index (χ1) is 9.42. The van der Waals surface area contributed by atoms with Crippen LogP contribution in [0, 0.1) is 0 Å². The van der Waals surface area contributed by atoms with Gasteiger partial charge in [0.2, 0.25) is 0 Å². The minimum atomic E-state index is 0.889. The average Bonchev–Trinajstić information content (AvgIpc) is 3.13. The summed E-state index contributed by atoms with van der Waals surface area (Å²) >= 11 is 1.74. The van der Waals surface area contributed by atoms with Crippen LogP contribution in [0.3, 0.4) is 0 Å². The molecule has 0 saturated heterocycles. The molecular formula is C15H15N3S. The SMILES string of the molecule is c1cn(-c2ccc(CNCc3ccsc3)cc2)cn1. The first-order valence-corrected chi connectivity index (χ1v) is 7.15. The number of hydrogen-bond donors (Lipinski definition) is 1. The van der Waals surface area contributed by atoms with E-state index in [9.17, 15) is 0 Å². The Morgan fingerprint density at radius 2 is 1.89 bits per heavy atom. The highest BCUT2D eigenvalue weighted by atomic mass is 32.1. The van der Waals surface area contributed by atoms with Crippen LogP contribution in [0.5, 0.6) is 0 Å². The Hall–Kier alpha value is -1.91. The van der Waals surface area contributed by atoms with E-state index >= 15 is 0 Å². The van der Waals surface area contributed by atoms with E-state index in [-0.39, 0.29) is 0 Å². The van der Waals surface area contributed by atoms with E-state index in [2.05, 4.69) is 51.4 Å². The third-order valence-corrected chi connectivity index (χ3v) is 3.71. The Kier molecular flexibility index (Phi) is 3.72.